The van der Waals surface area contributed by atoms with Gasteiger partial charge in [0.1, 0.15) is 0 Å². The highest BCUT2D eigenvalue weighted by atomic mass is 127. The fourth-order valence-electron chi connectivity index (χ4n) is 2.79. The van der Waals surface area contributed by atoms with Crippen LogP contribution >= 0.6 is 24.0 Å². The molecular weight excluding hydrogens is 463 g/mol. The Hall–Kier alpha value is -2.42. The number of hydrogen-bond acceptors (Lipinski definition) is 3. The topological polar surface area (TPSA) is 67.1 Å². The van der Waals surface area contributed by atoms with Crippen LogP contribution in [0.3, 0.4) is 0 Å². The number of nitrogens with zero attached hydrogens (tertiary/aromatic N) is 4. The lowest BCUT2D eigenvalue weighted by Gasteiger charge is -2.11. The Kier molecular flexibility index (Phi) is 8.43. The molecule has 1 aromatic carbocycles. The van der Waals surface area contributed by atoms with Gasteiger partial charge in [-0.15, -0.1) is 24.0 Å². The molecule has 2 heterocycles. The van der Waals surface area contributed by atoms with Crippen molar-refractivity contribution in [1.29, 1.82) is 0 Å². The van der Waals surface area contributed by atoms with E-state index >= 15 is 0 Å². The summed E-state index contributed by atoms with van der Waals surface area (Å²) in [4.78, 5) is 9.19. The van der Waals surface area contributed by atoms with E-state index in [1.54, 1.807) is 0 Å². The van der Waals surface area contributed by atoms with Crippen LogP contribution in [0.5, 0.6) is 0 Å². The molecule has 0 saturated carbocycles. The Labute approximate surface area is 183 Å². The summed E-state index contributed by atoms with van der Waals surface area (Å²) in [5.41, 5.74) is 4.34. The number of pyridine rings is 1. The first-order valence-corrected chi connectivity index (χ1v) is 9.20. The maximum atomic E-state index is 4.65. The van der Waals surface area contributed by atoms with Crippen molar-refractivity contribution in [2.24, 2.45) is 4.99 Å². The van der Waals surface area contributed by atoms with Gasteiger partial charge in [-0.3, -0.25) is 0 Å². The highest BCUT2D eigenvalue weighted by molar-refractivity contribution is 14.0. The lowest BCUT2D eigenvalue weighted by Crippen LogP contribution is -2.36. The van der Waals surface area contributed by atoms with Crippen molar-refractivity contribution in [3.63, 3.8) is 0 Å². The van der Waals surface area contributed by atoms with Crippen LogP contribution in [0.4, 0.5) is 0 Å². The van der Waals surface area contributed by atoms with Gasteiger partial charge in [0.25, 0.3) is 0 Å². The number of nitrogens with one attached hydrogen (secondary N) is 2. The van der Waals surface area contributed by atoms with Crippen LogP contribution < -0.4 is 10.6 Å². The fraction of sp³-hybridized carbons (Fsp3) is 0.286. The lowest BCUT2D eigenvalue weighted by molar-refractivity contribution is 0.799. The van der Waals surface area contributed by atoms with Crippen LogP contribution in [0.25, 0.3) is 5.82 Å². The largest absolute Gasteiger partial charge is 0.357 e. The zero-order valence-electron chi connectivity index (χ0n) is 16.5. The molecular formula is C21H27IN6. The minimum absolute atomic E-state index is 0. The molecule has 148 valence electrons. The first-order chi connectivity index (χ1) is 13.2. The maximum absolute atomic E-state index is 4.65. The Morgan fingerprint density at radius 1 is 1.04 bits per heavy atom. The number of guanidine groups is 1. The van der Waals surface area contributed by atoms with Gasteiger partial charge in [0.15, 0.2) is 11.8 Å². The number of aliphatic imine (C=N–C) groups is 1. The van der Waals surface area contributed by atoms with Gasteiger partial charge < -0.3 is 10.6 Å². The summed E-state index contributed by atoms with van der Waals surface area (Å²) < 4.78 is 1.86. The molecule has 0 atom stereocenters. The molecule has 3 aromatic rings. The van der Waals surface area contributed by atoms with E-state index in [4.69, 9.17) is 0 Å². The monoisotopic (exact) mass is 490 g/mol. The van der Waals surface area contributed by atoms with Gasteiger partial charge in [-0.25, -0.2) is 14.7 Å². The SMILES string of the molecule is CCNC(=NCc1ccc(-n2nc(C)cc2C)nc1)NCc1ccccc1.I. The summed E-state index contributed by atoms with van der Waals surface area (Å²) in [5, 5.41) is 11.1. The molecule has 2 N–H and O–H groups in total. The average Bonchev–Trinajstić information content (AvgIpc) is 3.03. The third-order valence-electron chi connectivity index (χ3n) is 4.10. The Bertz CT molecular complexity index is 887. The molecule has 0 unspecified atom stereocenters. The molecule has 0 saturated heterocycles. The second-order valence-corrected chi connectivity index (χ2v) is 6.40. The van der Waals surface area contributed by atoms with E-state index < -0.39 is 0 Å². The van der Waals surface area contributed by atoms with E-state index in [9.17, 15) is 0 Å². The molecule has 6 nitrogen and oxygen atoms in total. The second-order valence-electron chi connectivity index (χ2n) is 6.40. The molecule has 0 bridgehead atoms. The smallest absolute Gasteiger partial charge is 0.191 e. The van der Waals surface area contributed by atoms with E-state index in [1.165, 1.54) is 5.56 Å². The standard InChI is InChI=1S/C21H26N6.HI/c1-4-22-21(24-13-18-8-6-5-7-9-18)25-15-19-10-11-20(23-14-19)27-17(3)12-16(2)26-27;/h5-12,14H,4,13,15H2,1-3H3,(H2,22,24,25);1H. The average molecular weight is 490 g/mol. The van der Waals surface area contributed by atoms with Crippen LogP contribution in [0.15, 0.2) is 59.7 Å². The van der Waals surface area contributed by atoms with Gasteiger partial charge in [-0.1, -0.05) is 36.4 Å². The van der Waals surface area contributed by atoms with E-state index in [-0.39, 0.29) is 24.0 Å². The zero-order valence-corrected chi connectivity index (χ0v) is 18.8. The van der Waals surface area contributed by atoms with Gasteiger partial charge >= 0.3 is 0 Å². The van der Waals surface area contributed by atoms with Crippen molar-refractivity contribution in [3.05, 3.63) is 77.2 Å². The van der Waals surface area contributed by atoms with Crippen molar-refractivity contribution in [2.75, 3.05) is 6.54 Å². The van der Waals surface area contributed by atoms with Gasteiger partial charge in [0, 0.05) is 25.0 Å². The van der Waals surface area contributed by atoms with Crippen molar-refractivity contribution in [1.82, 2.24) is 25.4 Å². The van der Waals surface area contributed by atoms with Crippen LogP contribution in [-0.4, -0.2) is 27.3 Å². The predicted octanol–water partition coefficient (Wildman–Crippen LogP) is 3.76. The first kappa shape index (κ1) is 21.9. The Balaban J connectivity index is 0.00000280. The van der Waals surface area contributed by atoms with E-state index in [0.29, 0.717) is 6.54 Å². The third-order valence-corrected chi connectivity index (χ3v) is 4.10. The summed E-state index contributed by atoms with van der Waals surface area (Å²) in [6, 6.07) is 16.4. The number of aryl methyl sites for hydroxylation is 2. The maximum Gasteiger partial charge on any atom is 0.191 e. The van der Waals surface area contributed by atoms with Crippen LogP contribution in [0.2, 0.25) is 0 Å². The minimum atomic E-state index is 0. The number of hydrogen-bond donors (Lipinski definition) is 2. The number of halogens is 1. The molecule has 28 heavy (non-hydrogen) atoms. The predicted molar refractivity (Wildman–Crippen MR) is 124 cm³/mol. The minimum Gasteiger partial charge on any atom is -0.357 e. The van der Waals surface area contributed by atoms with Crippen LogP contribution in [0.1, 0.15) is 29.4 Å². The van der Waals surface area contributed by atoms with E-state index in [1.807, 2.05) is 61.1 Å². The fourth-order valence-corrected chi connectivity index (χ4v) is 2.79. The van der Waals surface area contributed by atoms with Gasteiger partial charge in [-0.2, -0.15) is 5.10 Å². The molecule has 0 aliphatic heterocycles. The molecule has 0 amide bonds. The molecule has 0 fully saturated rings. The van der Waals surface area contributed by atoms with E-state index in [2.05, 4.69) is 44.8 Å². The molecule has 0 radical (unpaired) electrons. The summed E-state index contributed by atoms with van der Waals surface area (Å²) in [7, 11) is 0. The Morgan fingerprint density at radius 2 is 1.82 bits per heavy atom. The van der Waals surface area contributed by atoms with Crippen molar-refractivity contribution in [3.8, 4) is 5.82 Å². The number of rotatable bonds is 6. The summed E-state index contributed by atoms with van der Waals surface area (Å²) in [6.07, 6.45) is 1.86. The van der Waals surface area contributed by atoms with E-state index in [0.717, 1.165) is 41.8 Å². The van der Waals surface area contributed by atoms with Crippen molar-refractivity contribution in [2.45, 2.75) is 33.9 Å². The highest BCUT2D eigenvalue weighted by Gasteiger charge is 2.05. The normalized spacial score (nSPS) is 11.0. The quantitative estimate of drug-likeness (QED) is 0.314. The van der Waals surface area contributed by atoms with Gasteiger partial charge in [-0.05, 0) is 44.0 Å². The summed E-state index contributed by atoms with van der Waals surface area (Å²) in [6.45, 7) is 8.19. The second kappa shape index (κ2) is 10.8. The first-order valence-electron chi connectivity index (χ1n) is 9.20. The van der Waals surface area contributed by atoms with Crippen LogP contribution in [0, 0.1) is 13.8 Å². The number of aromatic nitrogens is 3. The highest BCUT2D eigenvalue weighted by Crippen LogP contribution is 2.10. The molecule has 7 heteroatoms. The third kappa shape index (κ3) is 6.05. The molecule has 2 aromatic heterocycles. The summed E-state index contributed by atoms with van der Waals surface area (Å²) in [5.74, 6) is 1.62. The summed E-state index contributed by atoms with van der Waals surface area (Å²) >= 11 is 0. The Morgan fingerprint density at radius 3 is 2.43 bits per heavy atom. The molecule has 3 rings (SSSR count). The van der Waals surface area contributed by atoms with Crippen LogP contribution in [-0.2, 0) is 13.1 Å². The number of benzene rings is 1. The molecule has 0 aliphatic carbocycles. The van der Waals surface area contributed by atoms with Crippen molar-refractivity contribution < 1.29 is 0 Å². The van der Waals surface area contributed by atoms with Gasteiger partial charge in [0.2, 0.25) is 0 Å². The zero-order chi connectivity index (χ0) is 19.1. The molecule has 0 spiro atoms. The molecule has 0 aliphatic rings. The van der Waals surface area contributed by atoms with Crippen molar-refractivity contribution >= 4 is 29.9 Å². The van der Waals surface area contributed by atoms with Gasteiger partial charge in [0.05, 0.1) is 12.2 Å². The lowest BCUT2D eigenvalue weighted by atomic mass is 10.2.